The maximum absolute atomic E-state index is 13.4. The van der Waals surface area contributed by atoms with E-state index in [9.17, 15) is 4.79 Å². The lowest BCUT2D eigenvalue weighted by Gasteiger charge is -2.33. The molecule has 38 heavy (non-hydrogen) atoms. The van der Waals surface area contributed by atoms with Gasteiger partial charge in [0.15, 0.2) is 5.65 Å². The zero-order chi connectivity index (χ0) is 25.8. The highest BCUT2D eigenvalue weighted by Gasteiger charge is 2.27. The molecule has 1 aliphatic rings. The summed E-state index contributed by atoms with van der Waals surface area (Å²) in [6, 6.07) is 10.3. The second-order valence-corrected chi connectivity index (χ2v) is 11.6. The first-order chi connectivity index (χ1) is 17.0. The molecule has 0 aliphatic carbocycles. The Morgan fingerprint density at radius 2 is 1.82 bits per heavy atom. The van der Waals surface area contributed by atoms with E-state index >= 15 is 0 Å². The van der Waals surface area contributed by atoms with Gasteiger partial charge < -0.3 is 10.6 Å². The quantitative estimate of drug-likeness (QED) is 0.328. The van der Waals surface area contributed by atoms with E-state index in [2.05, 4.69) is 73.4 Å². The minimum absolute atomic E-state index is 0. The first kappa shape index (κ1) is 29.6. The molecule has 0 saturated heterocycles. The molecule has 1 aromatic carbocycles. The first-order valence-corrected chi connectivity index (χ1v) is 12.5. The predicted molar refractivity (Wildman–Crippen MR) is 159 cm³/mol. The Bertz CT molecular complexity index is 1520. The molecule has 4 aromatic rings. The van der Waals surface area contributed by atoms with Gasteiger partial charge in [0.1, 0.15) is 5.39 Å². The van der Waals surface area contributed by atoms with E-state index in [4.69, 9.17) is 4.98 Å². The number of benzene rings is 1. The first-order valence-electron chi connectivity index (χ1n) is 12.5. The number of anilines is 2. The zero-order valence-corrected chi connectivity index (χ0v) is 24.6. The fraction of sp³-hybridized carbons (Fsp3) is 0.429. The lowest BCUT2D eigenvalue weighted by Crippen LogP contribution is -2.38. The van der Waals surface area contributed by atoms with Crippen molar-refractivity contribution in [2.24, 2.45) is 0 Å². The molecule has 0 radical (unpaired) electrons. The highest BCUT2D eigenvalue weighted by atomic mass is 35.5. The highest BCUT2D eigenvalue weighted by molar-refractivity contribution is 5.85. The summed E-state index contributed by atoms with van der Waals surface area (Å²) < 4.78 is 3.63. The van der Waals surface area contributed by atoms with Gasteiger partial charge in [0.25, 0.3) is 5.56 Å². The molecule has 4 heterocycles. The third-order valence-electron chi connectivity index (χ3n) is 6.84. The normalized spacial score (nSPS) is 14.5. The Hall–Kier alpha value is -2.94. The minimum atomic E-state index is -0.126. The van der Waals surface area contributed by atoms with Gasteiger partial charge in [-0.05, 0) is 49.2 Å². The van der Waals surface area contributed by atoms with Crippen molar-refractivity contribution in [1.29, 1.82) is 0 Å². The van der Waals surface area contributed by atoms with Crippen molar-refractivity contribution in [2.75, 3.05) is 11.9 Å². The van der Waals surface area contributed by atoms with Crippen molar-refractivity contribution in [3.05, 3.63) is 69.9 Å². The molecule has 2 N–H and O–H groups in total. The molecule has 0 bridgehead atoms. The van der Waals surface area contributed by atoms with Crippen LogP contribution in [0.1, 0.15) is 71.3 Å². The average molecular weight is 559 g/mol. The van der Waals surface area contributed by atoms with Crippen LogP contribution in [0.4, 0.5) is 11.6 Å². The SMILES string of the molecule is CC(C)n1c(=O)c2cnc(Nc3ccc4c(c3)CNCC4(C)C)nc2n1-c1ccnc(C(C)(C)C)c1.Cl.Cl. The van der Waals surface area contributed by atoms with Crippen LogP contribution in [0, 0.1) is 0 Å². The molecule has 1 aliphatic heterocycles. The third-order valence-corrected chi connectivity index (χ3v) is 6.84. The number of rotatable bonds is 4. The van der Waals surface area contributed by atoms with Gasteiger partial charge >= 0.3 is 0 Å². The summed E-state index contributed by atoms with van der Waals surface area (Å²) in [4.78, 5) is 27.2. The Balaban J connectivity index is 0.00000200. The summed E-state index contributed by atoms with van der Waals surface area (Å²) in [5.74, 6) is 0.449. The molecule has 0 fully saturated rings. The maximum atomic E-state index is 13.4. The number of pyridine rings is 1. The largest absolute Gasteiger partial charge is 0.324 e. The van der Waals surface area contributed by atoms with E-state index in [0.717, 1.165) is 30.2 Å². The number of fused-ring (bicyclic) bond motifs is 2. The molecule has 0 atom stereocenters. The molecule has 0 saturated carbocycles. The summed E-state index contributed by atoms with van der Waals surface area (Å²) in [7, 11) is 0. The Morgan fingerprint density at radius 1 is 1.08 bits per heavy atom. The van der Waals surface area contributed by atoms with E-state index < -0.39 is 0 Å². The van der Waals surface area contributed by atoms with E-state index in [1.807, 2.05) is 30.7 Å². The van der Waals surface area contributed by atoms with E-state index in [1.165, 1.54) is 11.1 Å². The Kier molecular flexibility index (Phi) is 8.32. The van der Waals surface area contributed by atoms with E-state index in [0.29, 0.717) is 17.0 Å². The van der Waals surface area contributed by atoms with Gasteiger partial charge in [-0.1, -0.05) is 40.7 Å². The number of nitrogens with zero attached hydrogens (tertiary/aromatic N) is 5. The van der Waals surface area contributed by atoms with Crippen LogP contribution in [0.3, 0.4) is 0 Å². The number of halogens is 2. The van der Waals surface area contributed by atoms with Gasteiger partial charge in [-0.15, -0.1) is 24.8 Å². The third kappa shape index (κ3) is 5.30. The molecule has 3 aromatic heterocycles. The molecule has 0 unspecified atom stereocenters. The van der Waals surface area contributed by atoms with Gasteiger partial charge in [0.05, 0.1) is 5.69 Å². The molecule has 204 valence electrons. The Morgan fingerprint density at radius 3 is 2.50 bits per heavy atom. The van der Waals surface area contributed by atoms with Crippen LogP contribution >= 0.6 is 24.8 Å². The molecular formula is C28H37Cl2N7O. The van der Waals surface area contributed by atoms with Gasteiger partial charge in [-0.25, -0.2) is 14.3 Å². The predicted octanol–water partition coefficient (Wildman–Crippen LogP) is 5.82. The standard InChI is InChI=1S/C28H35N7O.2ClH/c1-17(2)34-25(36)21-15-31-26(32-19-8-9-22-18(12-19)14-29-16-28(22,6)7)33-24(21)35(34)20-10-11-30-23(13-20)27(3,4)5;;/h8-13,15,17,29H,14,16H2,1-7H3,(H,31,32,33);2*1H. The molecule has 10 heteroatoms. The van der Waals surface area contributed by atoms with Crippen molar-refractivity contribution in [1.82, 2.24) is 29.6 Å². The van der Waals surface area contributed by atoms with Crippen LogP contribution in [-0.4, -0.2) is 30.9 Å². The lowest BCUT2D eigenvalue weighted by atomic mass is 9.79. The van der Waals surface area contributed by atoms with Crippen LogP contribution in [0.25, 0.3) is 16.7 Å². The fourth-order valence-corrected chi connectivity index (χ4v) is 4.95. The van der Waals surface area contributed by atoms with Crippen molar-refractivity contribution in [3.63, 3.8) is 0 Å². The number of aromatic nitrogens is 5. The monoisotopic (exact) mass is 557 g/mol. The molecule has 0 amide bonds. The molecular weight excluding hydrogens is 521 g/mol. The van der Waals surface area contributed by atoms with Crippen molar-refractivity contribution >= 4 is 47.5 Å². The van der Waals surface area contributed by atoms with Gasteiger partial charge in [-0.3, -0.25) is 9.78 Å². The number of nitrogens with one attached hydrogen (secondary N) is 2. The molecule has 5 rings (SSSR count). The van der Waals surface area contributed by atoms with Gasteiger partial charge in [0, 0.05) is 53.7 Å². The average Bonchev–Trinajstić information content (AvgIpc) is 3.10. The summed E-state index contributed by atoms with van der Waals surface area (Å²) in [5, 5.41) is 7.35. The van der Waals surface area contributed by atoms with Crippen LogP contribution in [0.5, 0.6) is 0 Å². The number of hydrogen-bond donors (Lipinski definition) is 2. The van der Waals surface area contributed by atoms with E-state index in [1.54, 1.807) is 17.1 Å². The summed E-state index contributed by atoms with van der Waals surface area (Å²) >= 11 is 0. The maximum Gasteiger partial charge on any atom is 0.278 e. The Labute approximate surface area is 236 Å². The second kappa shape index (κ2) is 10.7. The lowest BCUT2D eigenvalue weighted by molar-refractivity contribution is 0.435. The fourth-order valence-electron chi connectivity index (χ4n) is 4.95. The second-order valence-electron chi connectivity index (χ2n) is 11.6. The minimum Gasteiger partial charge on any atom is -0.324 e. The van der Waals surface area contributed by atoms with Crippen LogP contribution < -0.4 is 16.2 Å². The van der Waals surface area contributed by atoms with Crippen LogP contribution in [-0.2, 0) is 17.4 Å². The summed E-state index contributed by atoms with van der Waals surface area (Å²) in [6.07, 6.45) is 3.41. The smallest absolute Gasteiger partial charge is 0.278 e. The van der Waals surface area contributed by atoms with Gasteiger partial charge in [-0.2, -0.15) is 4.98 Å². The van der Waals surface area contributed by atoms with Crippen LogP contribution in [0.2, 0.25) is 0 Å². The molecule has 8 nitrogen and oxygen atoms in total. The van der Waals surface area contributed by atoms with Crippen molar-refractivity contribution in [2.45, 2.75) is 71.9 Å². The number of hydrogen-bond acceptors (Lipinski definition) is 6. The zero-order valence-electron chi connectivity index (χ0n) is 23.0. The van der Waals surface area contributed by atoms with Crippen LogP contribution in [0.15, 0.2) is 47.5 Å². The van der Waals surface area contributed by atoms with Crippen molar-refractivity contribution in [3.8, 4) is 5.69 Å². The van der Waals surface area contributed by atoms with E-state index in [-0.39, 0.29) is 47.2 Å². The highest BCUT2D eigenvalue weighted by Crippen LogP contribution is 2.32. The molecule has 0 spiro atoms. The van der Waals surface area contributed by atoms with Gasteiger partial charge in [0.2, 0.25) is 5.95 Å². The summed E-state index contributed by atoms with van der Waals surface area (Å²) in [6.45, 7) is 16.7. The summed E-state index contributed by atoms with van der Waals surface area (Å²) in [5.41, 5.74) is 5.77. The van der Waals surface area contributed by atoms with Crippen molar-refractivity contribution < 1.29 is 0 Å². The topological polar surface area (TPSA) is 89.7 Å².